The van der Waals surface area contributed by atoms with E-state index in [-0.39, 0.29) is 11.3 Å². The molecule has 0 radical (unpaired) electrons. The molecule has 0 aromatic heterocycles. The lowest BCUT2D eigenvalue weighted by atomic mass is 9.76. The van der Waals surface area contributed by atoms with Crippen LogP contribution in [0.5, 0.6) is 5.75 Å². The van der Waals surface area contributed by atoms with Gasteiger partial charge in [0.25, 0.3) is 0 Å². The van der Waals surface area contributed by atoms with Gasteiger partial charge >= 0.3 is 0 Å². The summed E-state index contributed by atoms with van der Waals surface area (Å²) in [6.45, 7) is 2.89. The average molecular weight is 219 g/mol. The number of methoxy groups -OCH3 is 1. The number of hydrogen-bond donors (Lipinski definition) is 1. The quantitative estimate of drug-likeness (QED) is 0.824. The molecule has 1 atom stereocenters. The van der Waals surface area contributed by atoms with Crippen LogP contribution >= 0.6 is 0 Å². The number of hydrogen-bond acceptors (Lipinski definition) is 2. The molecule has 1 aromatic carbocycles. The van der Waals surface area contributed by atoms with Crippen LogP contribution in [0, 0.1) is 0 Å². The molecule has 3 heteroatoms. The van der Waals surface area contributed by atoms with E-state index in [2.05, 4.69) is 24.4 Å². The van der Waals surface area contributed by atoms with Gasteiger partial charge in [-0.25, -0.2) is 0 Å². The minimum absolute atomic E-state index is 0.0302. The molecule has 0 spiro atoms. The highest BCUT2D eigenvalue weighted by Gasteiger charge is 2.31. The number of piperidine rings is 1. The summed E-state index contributed by atoms with van der Waals surface area (Å²) < 4.78 is 5.22. The van der Waals surface area contributed by atoms with Crippen molar-refractivity contribution in [2.45, 2.75) is 25.2 Å². The molecule has 1 amide bonds. The van der Waals surface area contributed by atoms with Crippen LogP contribution in [0.2, 0.25) is 0 Å². The molecule has 0 unspecified atom stereocenters. The van der Waals surface area contributed by atoms with Gasteiger partial charge < -0.3 is 10.1 Å². The fourth-order valence-corrected chi connectivity index (χ4v) is 2.10. The first-order valence-electron chi connectivity index (χ1n) is 5.55. The van der Waals surface area contributed by atoms with Gasteiger partial charge in [0.2, 0.25) is 5.91 Å². The summed E-state index contributed by atoms with van der Waals surface area (Å²) in [5, 5.41) is 2.93. The maximum absolute atomic E-state index is 11.2. The number of ether oxygens (including phenoxy) is 1. The second kappa shape index (κ2) is 4.16. The van der Waals surface area contributed by atoms with Crippen molar-refractivity contribution in [2.24, 2.45) is 0 Å². The van der Waals surface area contributed by atoms with E-state index in [1.165, 1.54) is 5.56 Å². The van der Waals surface area contributed by atoms with Gasteiger partial charge in [0.05, 0.1) is 7.11 Å². The van der Waals surface area contributed by atoms with Crippen molar-refractivity contribution in [1.82, 2.24) is 5.32 Å². The van der Waals surface area contributed by atoms with E-state index in [4.69, 9.17) is 4.74 Å². The highest BCUT2D eigenvalue weighted by molar-refractivity contribution is 5.77. The molecule has 86 valence electrons. The standard InChI is InChI=1S/C13H17NO2/c1-13(7-6-12(15)14-9-13)10-4-3-5-11(8-10)16-2/h3-5,8H,6-7,9H2,1-2H3,(H,14,15)/t13-/m1/s1. The Kier molecular flexibility index (Phi) is 2.86. The number of carbonyl (C=O) groups is 1. The summed E-state index contributed by atoms with van der Waals surface area (Å²) in [6.07, 6.45) is 1.50. The van der Waals surface area contributed by atoms with E-state index in [1.807, 2.05) is 12.1 Å². The molecule has 1 aromatic rings. The lowest BCUT2D eigenvalue weighted by molar-refractivity contribution is -0.123. The van der Waals surface area contributed by atoms with Crippen LogP contribution in [0.3, 0.4) is 0 Å². The first kappa shape index (κ1) is 11.0. The summed E-state index contributed by atoms with van der Waals surface area (Å²) in [6, 6.07) is 8.08. The molecular formula is C13H17NO2. The Labute approximate surface area is 95.8 Å². The van der Waals surface area contributed by atoms with Crippen molar-refractivity contribution >= 4 is 5.91 Å². The van der Waals surface area contributed by atoms with E-state index >= 15 is 0 Å². The molecule has 16 heavy (non-hydrogen) atoms. The van der Waals surface area contributed by atoms with Gasteiger partial charge in [0, 0.05) is 18.4 Å². The third-order valence-electron chi connectivity index (χ3n) is 3.35. The van der Waals surface area contributed by atoms with Gasteiger partial charge in [0.1, 0.15) is 5.75 Å². The largest absolute Gasteiger partial charge is 0.497 e. The predicted molar refractivity (Wildman–Crippen MR) is 62.6 cm³/mol. The normalized spacial score (nSPS) is 25.0. The third kappa shape index (κ3) is 2.03. The molecule has 1 aliphatic heterocycles. The van der Waals surface area contributed by atoms with Crippen LogP contribution in [0.15, 0.2) is 24.3 Å². The summed E-state index contributed by atoms with van der Waals surface area (Å²) >= 11 is 0. The fourth-order valence-electron chi connectivity index (χ4n) is 2.10. The van der Waals surface area contributed by atoms with Crippen LogP contribution in [0.4, 0.5) is 0 Å². The fraction of sp³-hybridized carbons (Fsp3) is 0.462. The monoisotopic (exact) mass is 219 g/mol. The first-order chi connectivity index (χ1) is 7.64. The van der Waals surface area contributed by atoms with Crippen molar-refractivity contribution in [3.05, 3.63) is 29.8 Å². The second-order valence-corrected chi connectivity index (χ2v) is 4.57. The molecule has 0 saturated carbocycles. The molecule has 0 aliphatic carbocycles. The molecule has 1 aliphatic rings. The Bertz CT molecular complexity index is 391. The molecule has 0 bridgehead atoms. The molecule has 1 N–H and O–H groups in total. The minimum atomic E-state index is 0.0302. The number of benzene rings is 1. The van der Waals surface area contributed by atoms with Crippen LogP contribution in [0.25, 0.3) is 0 Å². The summed E-state index contributed by atoms with van der Waals surface area (Å²) in [4.78, 5) is 11.2. The van der Waals surface area contributed by atoms with Gasteiger partial charge in [-0.15, -0.1) is 0 Å². The number of nitrogens with one attached hydrogen (secondary N) is 1. The zero-order chi connectivity index (χ0) is 11.6. The maximum Gasteiger partial charge on any atom is 0.220 e. The zero-order valence-corrected chi connectivity index (χ0v) is 9.75. The molecule has 1 heterocycles. The Hall–Kier alpha value is -1.51. The van der Waals surface area contributed by atoms with Gasteiger partial charge in [-0.05, 0) is 24.1 Å². The van der Waals surface area contributed by atoms with Crippen molar-refractivity contribution in [3.8, 4) is 5.75 Å². The van der Waals surface area contributed by atoms with E-state index in [0.29, 0.717) is 13.0 Å². The Balaban J connectivity index is 2.25. The molecular weight excluding hydrogens is 202 g/mol. The maximum atomic E-state index is 11.2. The van der Waals surface area contributed by atoms with Crippen molar-refractivity contribution in [1.29, 1.82) is 0 Å². The van der Waals surface area contributed by atoms with Gasteiger partial charge in [-0.2, -0.15) is 0 Å². The lowest BCUT2D eigenvalue weighted by Gasteiger charge is -2.34. The molecule has 3 nitrogen and oxygen atoms in total. The number of rotatable bonds is 2. The van der Waals surface area contributed by atoms with Crippen LogP contribution in [-0.4, -0.2) is 19.6 Å². The highest BCUT2D eigenvalue weighted by atomic mass is 16.5. The second-order valence-electron chi connectivity index (χ2n) is 4.57. The van der Waals surface area contributed by atoms with Crippen molar-refractivity contribution < 1.29 is 9.53 Å². The highest BCUT2D eigenvalue weighted by Crippen LogP contribution is 2.32. The Morgan fingerprint density at radius 3 is 2.88 bits per heavy atom. The number of amides is 1. The van der Waals surface area contributed by atoms with E-state index in [9.17, 15) is 4.79 Å². The minimum Gasteiger partial charge on any atom is -0.497 e. The zero-order valence-electron chi connectivity index (χ0n) is 9.75. The van der Waals surface area contributed by atoms with Crippen LogP contribution in [0.1, 0.15) is 25.3 Å². The van der Waals surface area contributed by atoms with Crippen molar-refractivity contribution in [2.75, 3.05) is 13.7 Å². The number of carbonyl (C=O) groups excluding carboxylic acids is 1. The Morgan fingerprint density at radius 2 is 2.25 bits per heavy atom. The topological polar surface area (TPSA) is 38.3 Å². The summed E-state index contributed by atoms with van der Waals surface area (Å²) in [7, 11) is 1.67. The summed E-state index contributed by atoms with van der Waals surface area (Å²) in [5.74, 6) is 1.02. The lowest BCUT2D eigenvalue weighted by Crippen LogP contribution is -2.44. The van der Waals surface area contributed by atoms with E-state index < -0.39 is 0 Å². The van der Waals surface area contributed by atoms with Crippen LogP contribution < -0.4 is 10.1 Å². The Morgan fingerprint density at radius 1 is 1.44 bits per heavy atom. The average Bonchev–Trinajstić information content (AvgIpc) is 2.33. The summed E-state index contributed by atoms with van der Waals surface area (Å²) in [5.41, 5.74) is 1.26. The first-order valence-corrected chi connectivity index (χ1v) is 5.55. The molecule has 2 rings (SSSR count). The third-order valence-corrected chi connectivity index (χ3v) is 3.35. The van der Waals surface area contributed by atoms with E-state index in [0.717, 1.165) is 12.2 Å². The predicted octanol–water partition coefficient (Wildman–Crippen LogP) is 1.86. The molecule has 1 saturated heterocycles. The van der Waals surface area contributed by atoms with Gasteiger partial charge in [-0.1, -0.05) is 19.1 Å². The smallest absolute Gasteiger partial charge is 0.220 e. The SMILES string of the molecule is COc1cccc([C@]2(C)CCC(=O)NC2)c1. The molecule has 1 fully saturated rings. The van der Waals surface area contributed by atoms with Gasteiger partial charge in [0.15, 0.2) is 0 Å². The van der Waals surface area contributed by atoms with E-state index in [1.54, 1.807) is 7.11 Å². The van der Waals surface area contributed by atoms with Crippen LogP contribution in [-0.2, 0) is 10.2 Å². The van der Waals surface area contributed by atoms with Crippen molar-refractivity contribution in [3.63, 3.8) is 0 Å². The van der Waals surface area contributed by atoms with Gasteiger partial charge in [-0.3, -0.25) is 4.79 Å².